The predicted molar refractivity (Wildman–Crippen MR) is 110 cm³/mol. The van der Waals surface area contributed by atoms with Crippen molar-refractivity contribution in [1.82, 2.24) is 10.1 Å². The van der Waals surface area contributed by atoms with Gasteiger partial charge in [-0.25, -0.2) is 11.4 Å². The second-order valence-electron chi connectivity index (χ2n) is 7.50. The summed E-state index contributed by atoms with van der Waals surface area (Å²) in [5.41, 5.74) is 3.22. The van der Waals surface area contributed by atoms with E-state index in [1.807, 2.05) is 42.6 Å². The van der Waals surface area contributed by atoms with Crippen LogP contribution >= 0.6 is 0 Å². The van der Waals surface area contributed by atoms with Crippen molar-refractivity contribution in [3.8, 4) is 11.1 Å². The highest BCUT2D eigenvalue weighted by Crippen LogP contribution is 2.48. The maximum Gasteiger partial charge on any atom is 0.414 e. The number of hydrogen-bond donors (Lipinski definition) is 1. The van der Waals surface area contributed by atoms with Crippen molar-refractivity contribution in [2.75, 3.05) is 23.3 Å². The zero-order valence-electron chi connectivity index (χ0n) is 16.1. The van der Waals surface area contributed by atoms with E-state index in [9.17, 15) is 4.79 Å². The van der Waals surface area contributed by atoms with Crippen LogP contribution in [0.15, 0.2) is 59.4 Å². The molecule has 1 aromatic carbocycles. The molecule has 1 saturated carbocycles. The van der Waals surface area contributed by atoms with Crippen LogP contribution in [0.2, 0.25) is 0 Å². The summed E-state index contributed by atoms with van der Waals surface area (Å²) in [7, 11) is 0. The SMILES string of the molecule is [C-]#[N+]C1(c2ccc(-c3ccc(N4C[C@H](CNc5ccon5)OC4=O)cc3)cn2)CC1. The first-order chi connectivity index (χ1) is 14.7. The van der Waals surface area contributed by atoms with Crippen molar-refractivity contribution in [1.29, 1.82) is 0 Å². The quantitative estimate of drug-likeness (QED) is 0.627. The molecule has 5 rings (SSSR count). The van der Waals surface area contributed by atoms with Crippen LogP contribution in [0.5, 0.6) is 0 Å². The molecular weight excluding hydrogens is 382 g/mol. The minimum absolute atomic E-state index is 0.275. The van der Waals surface area contributed by atoms with Gasteiger partial charge in [-0.15, -0.1) is 0 Å². The molecule has 2 fully saturated rings. The Labute approximate surface area is 173 Å². The first kappa shape index (κ1) is 18.2. The Morgan fingerprint density at radius 2 is 1.97 bits per heavy atom. The van der Waals surface area contributed by atoms with E-state index in [1.54, 1.807) is 11.0 Å². The zero-order chi connectivity index (χ0) is 20.6. The molecule has 30 heavy (non-hydrogen) atoms. The van der Waals surface area contributed by atoms with Gasteiger partial charge in [-0.1, -0.05) is 23.4 Å². The summed E-state index contributed by atoms with van der Waals surface area (Å²) in [6.45, 7) is 8.26. The third kappa shape index (κ3) is 3.35. The van der Waals surface area contributed by atoms with E-state index >= 15 is 0 Å². The van der Waals surface area contributed by atoms with Crippen molar-refractivity contribution in [2.24, 2.45) is 0 Å². The lowest BCUT2D eigenvalue weighted by atomic mass is 10.1. The second kappa shape index (κ2) is 7.19. The number of cyclic esters (lactones) is 1. The number of benzene rings is 1. The summed E-state index contributed by atoms with van der Waals surface area (Å²) < 4.78 is 10.2. The van der Waals surface area contributed by atoms with Crippen LogP contribution < -0.4 is 10.2 Å². The minimum atomic E-state index is -0.391. The number of nitrogens with one attached hydrogen (secondary N) is 1. The maximum atomic E-state index is 12.3. The van der Waals surface area contributed by atoms with Gasteiger partial charge in [-0.05, 0) is 23.8 Å². The van der Waals surface area contributed by atoms with Gasteiger partial charge in [-0.3, -0.25) is 9.88 Å². The molecule has 2 aliphatic rings. The summed E-state index contributed by atoms with van der Waals surface area (Å²) in [5.74, 6) is 0.609. The van der Waals surface area contributed by atoms with Gasteiger partial charge in [0, 0.05) is 36.4 Å². The lowest BCUT2D eigenvalue weighted by Gasteiger charge is -2.14. The third-order valence-electron chi connectivity index (χ3n) is 5.51. The number of carbonyl (C=O) groups excluding carboxylic acids is 1. The van der Waals surface area contributed by atoms with Crippen LogP contribution in [0.4, 0.5) is 16.3 Å². The molecular formula is C22H19N5O3. The standard InChI is InChI=1S/C22H19N5O3/c1-23-22(9-10-22)19-7-4-16(12-24-19)15-2-5-17(6-3-15)27-14-18(30-21(27)28)13-25-20-8-11-29-26-20/h2-8,11-12,18H,9-10,13-14H2,(H,25,26)/t18-/m0/s1. The van der Waals surface area contributed by atoms with Gasteiger partial charge in [0.05, 0.1) is 13.1 Å². The molecule has 0 bridgehead atoms. The normalized spacial score (nSPS) is 19.2. The molecule has 0 unspecified atom stereocenters. The summed E-state index contributed by atoms with van der Waals surface area (Å²) in [6.07, 6.45) is 4.43. The monoisotopic (exact) mass is 401 g/mol. The van der Waals surface area contributed by atoms with Crippen molar-refractivity contribution in [3.63, 3.8) is 0 Å². The van der Waals surface area contributed by atoms with E-state index < -0.39 is 5.54 Å². The molecule has 0 spiro atoms. The average Bonchev–Trinajstić information content (AvgIpc) is 3.23. The van der Waals surface area contributed by atoms with Gasteiger partial charge in [0.25, 0.3) is 5.54 Å². The van der Waals surface area contributed by atoms with Crippen molar-refractivity contribution in [3.05, 3.63) is 72.0 Å². The Morgan fingerprint density at radius 3 is 2.60 bits per heavy atom. The van der Waals surface area contributed by atoms with E-state index in [0.717, 1.165) is 35.3 Å². The van der Waals surface area contributed by atoms with E-state index in [2.05, 4.69) is 20.3 Å². The van der Waals surface area contributed by atoms with Gasteiger partial charge in [0.1, 0.15) is 18.1 Å². The topological polar surface area (TPSA) is 84.9 Å². The lowest BCUT2D eigenvalue weighted by Crippen LogP contribution is -2.27. The number of carbonyl (C=O) groups is 1. The van der Waals surface area contributed by atoms with Crippen LogP contribution in [0, 0.1) is 6.57 Å². The summed E-state index contributed by atoms with van der Waals surface area (Å²) in [4.78, 5) is 22.1. The first-order valence-corrected chi connectivity index (χ1v) is 9.75. The smallest absolute Gasteiger partial charge is 0.414 e. The van der Waals surface area contributed by atoms with E-state index in [0.29, 0.717) is 18.9 Å². The number of rotatable bonds is 6. The molecule has 1 aliphatic carbocycles. The zero-order valence-corrected chi connectivity index (χ0v) is 16.1. The highest BCUT2D eigenvalue weighted by molar-refractivity contribution is 5.90. The van der Waals surface area contributed by atoms with Gasteiger partial charge < -0.3 is 19.4 Å². The largest absolute Gasteiger partial charge is 0.442 e. The summed E-state index contributed by atoms with van der Waals surface area (Å²) >= 11 is 0. The predicted octanol–water partition coefficient (Wildman–Crippen LogP) is 4.08. The fourth-order valence-electron chi connectivity index (χ4n) is 3.58. The summed E-state index contributed by atoms with van der Waals surface area (Å²) in [5, 5.41) is 6.86. The molecule has 1 aliphatic heterocycles. The molecule has 2 aromatic heterocycles. The number of hydrogen-bond acceptors (Lipinski definition) is 6. The van der Waals surface area contributed by atoms with Crippen molar-refractivity contribution >= 4 is 17.6 Å². The van der Waals surface area contributed by atoms with Crippen molar-refractivity contribution < 1.29 is 14.1 Å². The number of nitrogens with zero attached hydrogens (tertiary/aromatic N) is 4. The van der Waals surface area contributed by atoms with Crippen LogP contribution in [-0.4, -0.2) is 35.4 Å². The Bertz CT molecular complexity index is 1080. The Kier molecular flexibility index (Phi) is 4.36. The third-order valence-corrected chi connectivity index (χ3v) is 5.51. The minimum Gasteiger partial charge on any atom is -0.442 e. The lowest BCUT2D eigenvalue weighted by molar-refractivity contribution is 0.147. The molecule has 150 valence electrons. The highest BCUT2D eigenvalue weighted by atomic mass is 16.6. The van der Waals surface area contributed by atoms with Gasteiger partial charge in [0.2, 0.25) is 0 Å². The fourth-order valence-corrected chi connectivity index (χ4v) is 3.58. The van der Waals surface area contributed by atoms with E-state index in [-0.39, 0.29) is 12.2 Å². The number of anilines is 2. The molecule has 8 nitrogen and oxygen atoms in total. The molecule has 1 N–H and O–H groups in total. The number of ether oxygens (including phenoxy) is 1. The molecule has 1 saturated heterocycles. The van der Waals surface area contributed by atoms with Crippen LogP contribution in [0.3, 0.4) is 0 Å². The molecule has 8 heteroatoms. The second-order valence-corrected chi connectivity index (χ2v) is 7.50. The summed E-state index contributed by atoms with van der Waals surface area (Å²) in [6, 6.07) is 13.4. The number of amides is 1. The van der Waals surface area contributed by atoms with Crippen molar-refractivity contribution in [2.45, 2.75) is 24.5 Å². The number of aromatic nitrogens is 2. The Morgan fingerprint density at radius 1 is 1.17 bits per heavy atom. The van der Waals surface area contributed by atoms with Crippen LogP contribution in [-0.2, 0) is 10.3 Å². The maximum absolute atomic E-state index is 12.3. The van der Waals surface area contributed by atoms with E-state index in [4.69, 9.17) is 15.8 Å². The first-order valence-electron chi connectivity index (χ1n) is 9.75. The molecule has 1 atom stereocenters. The highest BCUT2D eigenvalue weighted by Gasteiger charge is 2.53. The molecule has 1 amide bonds. The average molecular weight is 401 g/mol. The van der Waals surface area contributed by atoms with Crippen LogP contribution in [0.1, 0.15) is 18.5 Å². The fraction of sp³-hybridized carbons (Fsp3) is 0.273. The van der Waals surface area contributed by atoms with E-state index in [1.165, 1.54) is 6.26 Å². The van der Waals surface area contributed by atoms with Gasteiger partial charge >= 0.3 is 6.09 Å². The van der Waals surface area contributed by atoms with Gasteiger partial charge in [-0.2, -0.15) is 0 Å². The molecule has 3 aromatic rings. The molecule has 0 radical (unpaired) electrons. The number of pyridine rings is 1. The van der Waals surface area contributed by atoms with Gasteiger partial charge in [0.15, 0.2) is 5.82 Å². The Balaban J connectivity index is 1.25. The Hall–Kier alpha value is -3.86. The molecule has 3 heterocycles. The van der Waals surface area contributed by atoms with Crippen LogP contribution in [0.25, 0.3) is 16.0 Å².